The Kier molecular flexibility index (Phi) is 7.80. The van der Waals surface area contributed by atoms with Crippen LogP contribution < -0.4 is 15.0 Å². The number of ether oxygens (including phenoxy) is 3. The molecule has 3 aromatic carbocycles. The van der Waals surface area contributed by atoms with Crippen molar-refractivity contribution in [2.75, 3.05) is 57.4 Å². The van der Waals surface area contributed by atoms with Crippen molar-refractivity contribution in [3.05, 3.63) is 53.1 Å². The molecule has 1 aromatic heterocycles. The fraction of sp³-hybridized carbons (Fsp3) is 0.500. The fourth-order valence-corrected chi connectivity index (χ4v) is 8.74. The van der Waals surface area contributed by atoms with Gasteiger partial charge in [-0.05, 0) is 78.3 Å². The molecule has 5 aliphatic rings. The normalized spacial score (nSPS) is 25.6. The Morgan fingerprint density at radius 1 is 1.04 bits per heavy atom. The predicted molar refractivity (Wildman–Crippen MR) is 183 cm³/mol. The lowest BCUT2D eigenvalue weighted by Crippen LogP contribution is -2.51. The number of aromatic nitrogens is 2. The van der Waals surface area contributed by atoms with E-state index in [1.54, 1.807) is 12.1 Å². The monoisotopic (exact) mass is 682 g/mol. The van der Waals surface area contributed by atoms with E-state index in [1.807, 2.05) is 6.92 Å². The molecule has 2 bridgehead atoms. The SMILES string of the molecule is CCc1c(F)ccc2cc(O)cc(-c3c(C#N)cc4c(N5CC6CCC(C5)N6)nc(OCC5(CN6C[C@@H]7OCCO[C@@H]7C6)CC5)nc4c3F)c12. The Morgan fingerprint density at radius 2 is 1.78 bits per heavy atom. The van der Waals surface area contributed by atoms with E-state index in [2.05, 4.69) is 26.2 Å². The van der Waals surface area contributed by atoms with Crippen LogP contribution in [-0.4, -0.2) is 96.8 Å². The Labute approximate surface area is 288 Å². The zero-order valence-corrected chi connectivity index (χ0v) is 28.1. The second kappa shape index (κ2) is 12.3. The Bertz CT molecular complexity index is 2020. The van der Waals surface area contributed by atoms with Crippen LogP contribution in [0.1, 0.15) is 43.7 Å². The van der Waals surface area contributed by atoms with Gasteiger partial charge in [-0.3, -0.25) is 4.90 Å². The molecule has 4 saturated heterocycles. The van der Waals surface area contributed by atoms with Gasteiger partial charge in [0.2, 0.25) is 0 Å². The number of nitriles is 1. The average Bonchev–Trinajstić information content (AvgIpc) is 3.62. The van der Waals surface area contributed by atoms with Gasteiger partial charge in [-0.15, -0.1) is 0 Å². The minimum atomic E-state index is -0.732. The van der Waals surface area contributed by atoms with E-state index in [0.717, 1.165) is 45.3 Å². The van der Waals surface area contributed by atoms with Crippen LogP contribution in [0.2, 0.25) is 0 Å². The number of piperazine rings is 1. The Hall–Kier alpha value is -4.15. The smallest absolute Gasteiger partial charge is 0.319 e. The topological polar surface area (TPSA) is 116 Å². The molecule has 0 spiro atoms. The quantitative estimate of drug-likeness (QED) is 0.261. The number of nitrogens with one attached hydrogen (secondary N) is 1. The number of likely N-dealkylation sites (tertiary alicyclic amines) is 1. The molecule has 4 atom stereocenters. The van der Waals surface area contributed by atoms with Crippen LogP contribution in [0, 0.1) is 28.4 Å². The lowest BCUT2D eigenvalue weighted by Gasteiger charge is -2.34. The van der Waals surface area contributed by atoms with Crippen molar-refractivity contribution in [2.24, 2.45) is 5.41 Å². The lowest BCUT2D eigenvalue weighted by molar-refractivity contribution is -0.116. The standard InChI is InChI=1S/C38H40F2N6O4/c1-2-26-29(39)6-3-21-11-25(47)13-27(32(21)26)33-22(14-41)12-28-35(34(33)40)43-37(44-36(28)46-15-23-4-5-24(16-46)42-23)50-20-38(7-8-38)19-45-17-30-31(18-45)49-10-9-48-30/h3,6,11-13,23-24,30-31,42,47H,2,4-5,7-10,15-20H2,1H3/t23?,24?,30-,31+. The molecule has 1 aliphatic carbocycles. The lowest BCUT2D eigenvalue weighted by atomic mass is 9.89. The number of phenols is 1. The number of nitrogens with zero attached hydrogens (tertiary/aromatic N) is 5. The third-order valence-electron chi connectivity index (χ3n) is 11.4. The van der Waals surface area contributed by atoms with Gasteiger partial charge in [0.05, 0.1) is 43.7 Å². The van der Waals surface area contributed by atoms with Gasteiger partial charge in [0.1, 0.15) is 22.9 Å². The van der Waals surface area contributed by atoms with Gasteiger partial charge >= 0.3 is 6.01 Å². The summed E-state index contributed by atoms with van der Waals surface area (Å²) >= 11 is 0. The molecule has 5 heterocycles. The number of anilines is 1. The van der Waals surface area contributed by atoms with Crippen LogP contribution >= 0.6 is 0 Å². The van der Waals surface area contributed by atoms with Crippen molar-refractivity contribution >= 4 is 27.5 Å². The number of aromatic hydroxyl groups is 1. The molecule has 0 amide bonds. The zero-order valence-electron chi connectivity index (χ0n) is 28.1. The second-order valence-electron chi connectivity index (χ2n) is 14.8. The largest absolute Gasteiger partial charge is 0.508 e. The predicted octanol–water partition coefficient (Wildman–Crippen LogP) is 5.07. The van der Waals surface area contributed by atoms with Crippen LogP contribution in [0.3, 0.4) is 0 Å². The maximum Gasteiger partial charge on any atom is 0.319 e. The summed E-state index contributed by atoms with van der Waals surface area (Å²) in [5, 5.41) is 26.2. The first kappa shape index (κ1) is 31.8. The van der Waals surface area contributed by atoms with E-state index < -0.39 is 11.6 Å². The van der Waals surface area contributed by atoms with Gasteiger partial charge in [-0.2, -0.15) is 15.2 Å². The van der Waals surface area contributed by atoms with Crippen molar-refractivity contribution in [1.29, 1.82) is 5.26 Å². The van der Waals surface area contributed by atoms with E-state index in [4.69, 9.17) is 19.2 Å². The van der Waals surface area contributed by atoms with Gasteiger partial charge in [0, 0.05) is 61.2 Å². The molecule has 12 heteroatoms. The third kappa shape index (κ3) is 5.51. The number of hydrogen-bond acceptors (Lipinski definition) is 10. The minimum Gasteiger partial charge on any atom is -0.508 e. The van der Waals surface area contributed by atoms with Crippen LogP contribution in [0.25, 0.3) is 32.8 Å². The number of rotatable bonds is 8. The first-order chi connectivity index (χ1) is 24.3. The Morgan fingerprint density at radius 3 is 2.46 bits per heavy atom. The molecular weight excluding hydrogens is 642 g/mol. The van der Waals surface area contributed by atoms with Crippen molar-refractivity contribution in [2.45, 2.75) is 63.3 Å². The van der Waals surface area contributed by atoms with E-state index in [0.29, 0.717) is 66.9 Å². The third-order valence-corrected chi connectivity index (χ3v) is 11.4. The van der Waals surface area contributed by atoms with Crippen LogP contribution in [0.15, 0.2) is 30.3 Å². The first-order valence-corrected chi connectivity index (χ1v) is 17.8. The van der Waals surface area contributed by atoms with Crippen molar-refractivity contribution in [3.8, 4) is 29.0 Å². The van der Waals surface area contributed by atoms with Gasteiger partial charge in [0.15, 0.2) is 5.82 Å². The maximum atomic E-state index is 17.3. The molecule has 9 rings (SSSR count). The summed E-state index contributed by atoms with van der Waals surface area (Å²) in [5.74, 6) is -0.737. The molecule has 4 aromatic rings. The zero-order chi connectivity index (χ0) is 34.1. The number of halogens is 2. The summed E-state index contributed by atoms with van der Waals surface area (Å²) in [6, 6.07) is 10.3. The maximum absolute atomic E-state index is 17.3. The molecule has 5 fully saturated rings. The molecular formula is C38H40F2N6O4. The molecule has 10 nitrogen and oxygen atoms in total. The van der Waals surface area contributed by atoms with Gasteiger partial charge < -0.3 is 29.5 Å². The van der Waals surface area contributed by atoms with E-state index in [9.17, 15) is 10.4 Å². The minimum absolute atomic E-state index is 0.0265. The number of aryl methyl sites for hydroxylation is 1. The summed E-state index contributed by atoms with van der Waals surface area (Å²) in [4.78, 5) is 14.1. The molecule has 4 aliphatic heterocycles. The highest BCUT2D eigenvalue weighted by molar-refractivity contribution is 6.04. The van der Waals surface area contributed by atoms with E-state index in [1.165, 1.54) is 18.2 Å². The molecule has 50 heavy (non-hydrogen) atoms. The van der Waals surface area contributed by atoms with E-state index >= 15 is 8.78 Å². The van der Waals surface area contributed by atoms with Crippen molar-refractivity contribution < 1.29 is 28.1 Å². The Balaban J connectivity index is 1.13. The number of phenolic OH excluding ortho intramolecular Hbond substituents is 1. The van der Waals surface area contributed by atoms with Gasteiger partial charge in [-0.25, -0.2) is 8.78 Å². The first-order valence-electron chi connectivity index (χ1n) is 17.8. The molecule has 260 valence electrons. The molecule has 0 radical (unpaired) electrons. The summed E-state index contributed by atoms with van der Waals surface area (Å²) in [7, 11) is 0. The van der Waals surface area contributed by atoms with Crippen molar-refractivity contribution in [3.63, 3.8) is 0 Å². The van der Waals surface area contributed by atoms with Crippen LogP contribution in [0.4, 0.5) is 14.6 Å². The van der Waals surface area contributed by atoms with Gasteiger partial charge in [0.25, 0.3) is 0 Å². The number of fused-ring (bicyclic) bond motifs is 5. The highest BCUT2D eigenvalue weighted by Crippen LogP contribution is 2.48. The highest BCUT2D eigenvalue weighted by atomic mass is 19.1. The van der Waals surface area contributed by atoms with Gasteiger partial charge in [-0.1, -0.05) is 13.0 Å². The van der Waals surface area contributed by atoms with E-state index in [-0.39, 0.29) is 63.7 Å². The summed E-state index contributed by atoms with van der Waals surface area (Å²) in [6.45, 7) is 7.36. The molecule has 2 N–H and O–H groups in total. The summed E-state index contributed by atoms with van der Waals surface area (Å²) in [5.41, 5.74) is 0.617. The fourth-order valence-electron chi connectivity index (χ4n) is 8.74. The number of benzene rings is 3. The summed E-state index contributed by atoms with van der Waals surface area (Å²) < 4.78 is 50.7. The number of hydrogen-bond donors (Lipinski definition) is 2. The molecule has 2 unspecified atom stereocenters. The molecule has 1 saturated carbocycles. The van der Waals surface area contributed by atoms with Crippen LogP contribution in [-0.2, 0) is 15.9 Å². The van der Waals surface area contributed by atoms with Crippen LogP contribution in [0.5, 0.6) is 11.8 Å². The summed E-state index contributed by atoms with van der Waals surface area (Å²) in [6.07, 6.45) is 4.66. The second-order valence-corrected chi connectivity index (χ2v) is 14.8. The average molecular weight is 683 g/mol. The van der Waals surface area contributed by atoms with Crippen molar-refractivity contribution in [1.82, 2.24) is 20.2 Å². The highest BCUT2D eigenvalue weighted by Gasteiger charge is 2.48.